The quantitative estimate of drug-likeness (QED) is 0.842. The summed E-state index contributed by atoms with van der Waals surface area (Å²) < 4.78 is 18.7. The van der Waals surface area contributed by atoms with Gasteiger partial charge in [0.2, 0.25) is 5.91 Å². The Morgan fingerprint density at radius 1 is 1.29 bits per heavy atom. The van der Waals surface area contributed by atoms with Crippen LogP contribution in [0.3, 0.4) is 0 Å². The van der Waals surface area contributed by atoms with Gasteiger partial charge in [0.25, 0.3) is 0 Å². The van der Waals surface area contributed by atoms with Gasteiger partial charge in [-0.05, 0) is 36.6 Å². The Bertz CT molecular complexity index is 664. The number of morpholine rings is 1. The molecule has 24 heavy (non-hydrogen) atoms. The minimum absolute atomic E-state index is 0.0193. The zero-order chi connectivity index (χ0) is 16.8. The molecule has 1 amide bonds. The van der Waals surface area contributed by atoms with Crippen molar-refractivity contribution in [3.05, 3.63) is 59.9 Å². The van der Waals surface area contributed by atoms with E-state index in [0.29, 0.717) is 26.1 Å². The Kier molecular flexibility index (Phi) is 5.48. The molecule has 1 saturated heterocycles. The van der Waals surface area contributed by atoms with Gasteiger partial charge in [-0.25, -0.2) is 14.4 Å². The highest BCUT2D eigenvalue weighted by molar-refractivity contribution is 5.78. The Morgan fingerprint density at radius 2 is 2.12 bits per heavy atom. The molecule has 0 radical (unpaired) electrons. The molecule has 1 aromatic heterocycles. The first-order valence-corrected chi connectivity index (χ1v) is 8.09. The van der Waals surface area contributed by atoms with Gasteiger partial charge in [0.15, 0.2) is 0 Å². The molecule has 0 spiro atoms. The molecule has 1 fully saturated rings. The summed E-state index contributed by atoms with van der Waals surface area (Å²) in [5.74, 6) is -0.237. The van der Waals surface area contributed by atoms with E-state index in [-0.39, 0.29) is 17.8 Å². The lowest BCUT2D eigenvalue weighted by Crippen LogP contribution is -2.46. The molecule has 0 aliphatic carbocycles. The van der Waals surface area contributed by atoms with Crippen LogP contribution in [0.25, 0.3) is 0 Å². The summed E-state index contributed by atoms with van der Waals surface area (Å²) >= 11 is 0. The van der Waals surface area contributed by atoms with Gasteiger partial charge in [0, 0.05) is 25.0 Å². The van der Waals surface area contributed by atoms with Gasteiger partial charge in [-0.1, -0.05) is 12.1 Å². The first kappa shape index (κ1) is 16.5. The van der Waals surface area contributed by atoms with Crippen LogP contribution in [-0.4, -0.2) is 46.6 Å². The number of aromatic nitrogens is 2. The number of nitrogens with zero attached hydrogens (tertiary/aromatic N) is 3. The van der Waals surface area contributed by atoms with E-state index in [2.05, 4.69) is 9.97 Å². The van der Waals surface area contributed by atoms with Crippen molar-refractivity contribution in [3.63, 3.8) is 0 Å². The third-order valence-corrected chi connectivity index (χ3v) is 4.13. The van der Waals surface area contributed by atoms with E-state index in [9.17, 15) is 9.18 Å². The molecule has 1 aliphatic rings. The highest BCUT2D eigenvalue weighted by Crippen LogP contribution is 2.13. The number of ether oxygens (including phenoxy) is 1. The Balaban J connectivity index is 1.51. The fourth-order valence-electron chi connectivity index (χ4n) is 2.78. The normalized spacial score (nSPS) is 17.7. The molecule has 0 N–H and O–H groups in total. The minimum Gasteiger partial charge on any atom is -0.375 e. The number of hydrogen-bond donors (Lipinski definition) is 0. The van der Waals surface area contributed by atoms with E-state index in [1.165, 1.54) is 18.5 Å². The minimum atomic E-state index is -0.289. The largest absolute Gasteiger partial charge is 0.375 e. The highest BCUT2D eigenvalue weighted by Gasteiger charge is 2.24. The number of carbonyl (C=O) groups excluding carboxylic acids is 1. The molecule has 0 bridgehead atoms. The summed E-state index contributed by atoms with van der Waals surface area (Å²) in [6.07, 6.45) is 5.19. The first-order chi connectivity index (χ1) is 11.7. The first-order valence-electron chi connectivity index (χ1n) is 8.09. The van der Waals surface area contributed by atoms with E-state index in [0.717, 1.165) is 24.1 Å². The summed E-state index contributed by atoms with van der Waals surface area (Å²) in [6.45, 7) is 1.73. The Morgan fingerprint density at radius 3 is 2.88 bits per heavy atom. The van der Waals surface area contributed by atoms with Crippen molar-refractivity contribution in [3.8, 4) is 0 Å². The number of halogens is 1. The van der Waals surface area contributed by atoms with Crippen LogP contribution >= 0.6 is 0 Å². The average molecular weight is 329 g/mol. The zero-order valence-electron chi connectivity index (χ0n) is 13.4. The smallest absolute Gasteiger partial charge is 0.227 e. The van der Waals surface area contributed by atoms with Gasteiger partial charge in [0.05, 0.1) is 19.1 Å². The monoisotopic (exact) mass is 329 g/mol. The molecule has 126 valence electrons. The third-order valence-electron chi connectivity index (χ3n) is 4.13. The van der Waals surface area contributed by atoms with Crippen molar-refractivity contribution >= 4 is 5.91 Å². The van der Waals surface area contributed by atoms with Crippen LogP contribution in [0, 0.1) is 5.82 Å². The van der Waals surface area contributed by atoms with E-state index >= 15 is 0 Å². The fourth-order valence-corrected chi connectivity index (χ4v) is 2.78. The molecule has 5 nitrogen and oxygen atoms in total. The van der Waals surface area contributed by atoms with Crippen molar-refractivity contribution < 1.29 is 13.9 Å². The number of rotatable bonds is 5. The highest BCUT2D eigenvalue weighted by atomic mass is 19.1. The summed E-state index contributed by atoms with van der Waals surface area (Å²) in [4.78, 5) is 22.4. The van der Waals surface area contributed by atoms with Crippen LogP contribution in [0.15, 0.2) is 42.9 Å². The van der Waals surface area contributed by atoms with Gasteiger partial charge < -0.3 is 9.64 Å². The van der Waals surface area contributed by atoms with Gasteiger partial charge in [-0.3, -0.25) is 4.79 Å². The van der Waals surface area contributed by atoms with Gasteiger partial charge >= 0.3 is 0 Å². The van der Waals surface area contributed by atoms with E-state index in [1.807, 2.05) is 11.0 Å². The molecule has 1 atom stereocenters. The second-order valence-electron chi connectivity index (χ2n) is 5.88. The summed E-state index contributed by atoms with van der Waals surface area (Å²) in [5, 5.41) is 0. The number of carbonyl (C=O) groups is 1. The molecular formula is C18H20FN3O2. The maximum absolute atomic E-state index is 12.9. The number of amides is 1. The van der Waals surface area contributed by atoms with Crippen molar-refractivity contribution in [1.29, 1.82) is 0 Å². The molecule has 2 heterocycles. The van der Waals surface area contributed by atoms with Crippen LogP contribution in [0.4, 0.5) is 4.39 Å². The Labute approximate surface area is 140 Å². The lowest BCUT2D eigenvalue weighted by atomic mass is 10.1. The molecule has 0 saturated carbocycles. The predicted octanol–water partition coefficient (Wildman–Crippen LogP) is 2.02. The second-order valence-corrected chi connectivity index (χ2v) is 5.88. The number of aryl methyl sites for hydroxylation is 1. The van der Waals surface area contributed by atoms with Crippen LogP contribution in [-0.2, 0) is 22.4 Å². The molecule has 0 unspecified atom stereocenters. The van der Waals surface area contributed by atoms with E-state index in [1.54, 1.807) is 18.3 Å². The van der Waals surface area contributed by atoms with Crippen LogP contribution < -0.4 is 0 Å². The van der Waals surface area contributed by atoms with Crippen molar-refractivity contribution in [2.24, 2.45) is 0 Å². The molecule has 2 aromatic rings. The van der Waals surface area contributed by atoms with E-state index < -0.39 is 0 Å². The van der Waals surface area contributed by atoms with Crippen molar-refractivity contribution in [1.82, 2.24) is 14.9 Å². The summed E-state index contributed by atoms with van der Waals surface area (Å²) in [7, 11) is 0. The molecule has 1 aromatic carbocycles. The number of benzene rings is 1. The van der Waals surface area contributed by atoms with Crippen LogP contribution in [0.5, 0.6) is 0 Å². The molecular weight excluding hydrogens is 309 g/mol. The maximum atomic E-state index is 12.9. The fraction of sp³-hybridized carbons (Fsp3) is 0.389. The van der Waals surface area contributed by atoms with E-state index in [4.69, 9.17) is 4.74 Å². The second kappa shape index (κ2) is 7.97. The van der Waals surface area contributed by atoms with Crippen LogP contribution in [0.1, 0.15) is 17.7 Å². The molecule has 3 rings (SSSR count). The lowest BCUT2D eigenvalue weighted by molar-refractivity contribution is -0.138. The topological polar surface area (TPSA) is 55.3 Å². The average Bonchev–Trinajstić information content (AvgIpc) is 2.63. The zero-order valence-corrected chi connectivity index (χ0v) is 13.4. The lowest BCUT2D eigenvalue weighted by Gasteiger charge is -2.33. The molecule has 1 aliphatic heterocycles. The van der Waals surface area contributed by atoms with Crippen LogP contribution in [0.2, 0.25) is 0 Å². The summed E-state index contributed by atoms with van der Waals surface area (Å²) in [5.41, 5.74) is 1.80. The predicted molar refractivity (Wildman–Crippen MR) is 86.8 cm³/mol. The SMILES string of the molecule is O=C(Cc1ccc(F)cc1)N1CCO[C@@H](CCc2ccncn2)C1. The van der Waals surface area contributed by atoms with Crippen molar-refractivity contribution in [2.45, 2.75) is 25.4 Å². The number of hydrogen-bond acceptors (Lipinski definition) is 4. The Hall–Kier alpha value is -2.34. The van der Waals surface area contributed by atoms with Crippen molar-refractivity contribution in [2.75, 3.05) is 19.7 Å². The van der Waals surface area contributed by atoms with Gasteiger partial charge in [-0.2, -0.15) is 0 Å². The van der Waals surface area contributed by atoms with Gasteiger partial charge in [0.1, 0.15) is 12.1 Å². The molecule has 6 heteroatoms. The maximum Gasteiger partial charge on any atom is 0.227 e. The summed E-state index contributed by atoms with van der Waals surface area (Å²) in [6, 6.07) is 7.96. The standard InChI is InChI=1S/C18H20FN3O2/c19-15-3-1-14(2-4-15)11-18(23)22-9-10-24-17(12-22)6-5-16-7-8-20-13-21-16/h1-4,7-8,13,17H,5-6,9-12H2/t17-/m0/s1. The van der Waals surface area contributed by atoms with Gasteiger partial charge in [-0.15, -0.1) is 0 Å². The third kappa shape index (κ3) is 4.58.